The highest BCUT2D eigenvalue weighted by Gasteiger charge is 2.53. The quantitative estimate of drug-likeness (QED) is 0.503. The zero-order chi connectivity index (χ0) is 18.7. The van der Waals surface area contributed by atoms with E-state index in [1.165, 1.54) is 12.8 Å². The van der Waals surface area contributed by atoms with Crippen LogP contribution in [-0.4, -0.2) is 24.2 Å². The summed E-state index contributed by atoms with van der Waals surface area (Å²) >= 11 is 0. The molecule has 142 valence electrons. The third kappa shape index (κ3) is 4.27. The first-order valence-electron chi connectivity index (χ1n) is 9.71. The van der Waals surface area contributed by atoms with Gasteiger partial charge in [0, 0.05) is 5.57 Å². The van der Waals surface area contributed by atoms with E-state index in [4.69, 9.17) is 4.74 Å². The van der Waals surface area contributed by atoms with Crippen molar-refractivity contribution in [1.82, 2.24) is 0 Å². The van der Waals surface area contributed by atoms with E-state index in [0.29, 0.717) is 30.5 Å². The predicted molar refractivity (Wildman–Crippen MR) is 98.1 cm³/mol. The van der Waals surface area contributed by atoms with Crippen molar-refractivity contribution in [2.45, 2.75) is 72.6 Å². The second kappa shape index (κ2) is 7.92. The lowest BCUT2D eigenvalue weighted by molar-refractivity contribution is -0.136. The molecule has 0 aromatic carbocycles. The highest BCUT2D eigenvalue weighted by molar-refractivity contribution is 5.87. The molecule has 4 heteroatoms. The van der Waals surface area contributed by atoms with E-state index in [9.17, 15) is 14.7 Å². The summed E-state index contributed by atoms with van der Waals surface area (Å²) in [5, 5.41) is 9.75. The van der Waals surface area contributed by atoms with Gasteiger partial charge in [-0.25, -0.2) is 4.79 Å². The number of allylic oxidation sites excluding steroid dienone is 1. The van der Waals surface area contributed by atoms with Crippen molar-refractivity contribution in [3.8, 4) is 0 Å². The van der Waals surface area contributed by atoms with Crippen LogP contribution in [0.15, 0.2) is 11.6 Å². The first-order valence-corrected chi connectivity index (χ1v) is 9.71. The van der Waals surface area contributed by atoms with Crippen LogP contribution in [-0.2, 0) is 14.3 Å². The van der Waals surface area contributed by atoms with Gasteiger partial charge in [0.1, 0.15) is 0 Å². The first-order chi connectivity index (χ1) is 11.7. The van der Waals surface area contributed by atoms with Crippen molar-refractivity contribution >= 4 is 12.4 Å². The van der Waals surface area contributed by atoms with Crippen LogP contribution < -0.4 is 0 Å². The normalized spacial score (nSPS) is 32.2. The van der Waals surface area contributed by atoms with Crippen LogP contribution in [0, 0.1) is 28.6 Å². The number of ether oxygens (including phenoxy) is 1. The van der Waals surface area contributed by atoms with Gasteiger partial charge < -0.3 is 9.84 Å². The predicted octanol–water partition coefficient (Wildman–Crippen LogP) is 4.83. The maximum absolute atomic E-state index is 11.9. The average Bonchev–Trinajstić information content (AvgIpc) is 2.52. The molecular weight excluding hydrogens is 316 g/mol. The standard InChI is InChI=1S/C21H34O4/c1-15(10-13-25-14-22)6-8-17-16(19(23)24)7-9-18-20(2,3)11-5-12-21(17,18)4/h7,14-15,17-18H,5-6,8-13H2,1-4H3,(H,23,24)/t15-,17-,18-,21+/m0/s1. The van der Waals surface area contributed by atoms with Gasteiger partial charge in [-0.3, -0.25) is 4.79 Å². The number of carbonyl (C=O) groups excluding carboxylic acids is 1. The van der Waals surface area contributed by atoms with Crippen LogP contribution in [0.5, 0.6) is 0 Å². The van der Waals surface area contributed by atoms with E-state index in [1.54, 1.807) is 0 Å². The molecule has 2 aliphatic rings. The minimum absolute atomic E-state index is 0.0727. The molecule has 0 saturated heterocycles. The van der Waals surface area contributed by atoms with Crippen LogP contribution in [0.25, 0.3) is 0 Å². The van der Waals surface area contributed by atoms with Gasteiger partial charge in [0.2, 0.25) is 0 Å². The Balaban J connectivity index is 2.15. The van der Waals surface area contributed by atoms with Gasteiger partial charge in [-0.15, -0.1) is 0 Å². The topological polar surface area (TPSA) is 63.6 Å². The molecule has 1 fully saturated rings. The van der Waals surface area contributed by atoms with Crippen LogP contribution in [0.3, 0.4) is 0 Å². The number of hydrogen-bond acceptors (Lipinski definition) is 3. The Labute approximate surface area is 152 Å². The molecule has 0 heterocycles. The lowest BCUT2D eigenvalue weighted by Crippen LogP contribution is -2.49. The molecule has 0 bridgehead atoms. The molecule has 0 amide bonds. The lowest BCUT2D eigenvalue weighted by atomic mass is 9.48. The summed E-state index contributed by atoms with van der Waals surface area (Å²) in [6, 6.07) is 0. The maximum atomic E-state index is 11.9. The Kier molecular flexibility index (Phi) is 6.34. The molecule has 2 rings (SSSR count). The highest BCUT2D eigenvalue weighted by Crippen LogP contribution is 2.60. The minimum Gasteiger partial charge on any atom is -0.478 e. The summed E-state index contributed by atoms with van der Waals surface area (Å²) in [5.74, 6) is 0.355. The molecule has 0 aliphatic heterocycles. The van der Waals surface area contributed by atoms with E-state index in [2.05, 4.69) is 27.7 Å². The minimum atomic E-state index is -0.745. The number of aliphatic carboxylic acids is 1. The molecule has 0 aromatic heterocycles. The van der Waals surface area contributed by atoms with Crippen LogP contribution >= 0.6 is 0 Å². The first kappa shape index (κ1) is 20.0. The Morgan fingerprint density at radius 2 is 2.08 bits per heavy atom. The molecule has 0 aromatic rings. The molecule has 25 heavy (non-hydrogen) atoms. The zero-order valence-electron chi connectivity index (χ0n) is 16.2. The lowest BCUT2D eigenvalue weighted by Gasteiger charge is -2.56. The van der Waals surface area contributed by atoms with Crippen LogP contribution in [0.4, 0.5) is 0 Å². The number of fused-ring (bicyclic) bond motifs is 1. The number of hydrogen-bond donors (Lipinski definition) is 1. The molecular formula is C21H34O4. The van der Waals surface area contributed by atoms with E-state index >= 15 is 0 Å². The third-order valence-corrected chi connectivity index (χ3v) is 7.01. The third-order valence-electron chi connectivity index (χ3n) is 7.01. The van der Waals surface area contributed by atoms with Gasteiger partial charge in [0.15, 0.2) is 0 Å². The number of carboxylic acids is 1. The average molecular weight is 350 g/mol. The number of rotatable bonds is 8. The summed E-state index contributed by atoms with van der Waals surface area (Å²) in [6.07, 6.45) is 9.16. The molecule has 1 saturated carbocycles. The van der Waals surface area contributed by atoms with Crippen LogP contribution in [0.2, 0.25) is 0 Å². The largest absolute Gasteiger partial charge is 0.478 e. The fourth-order valence-corrected chi connectivity index (χ4v) is 5.55. The SMILES string of the molecule is C[C@H](CCOC=O)CC[C@H]1C(C(=O)O)=CC[C@H]2C(C)(C)CCC[C@]12C. The maximum Gasteiger partial charge on any atom is 0.331 e. The van der Waals surface area contributed by atoms with Crippen molar-refractivity contribution < 1.29 is 19.4 Å². The second-order valence-corrected chi connectivity index (χ2v) is 9.09. The van der Waals surface area contributed by atoms with Crippen molar-refractivity contribution in [2.24, 2.45) is 28.6 Å². The Morgan fingerprint density at radius 3 is 2.72 bits per heavy atom. The van der Waals surface area contributed by atoms with Gasteiger partial charge >= 0.3 is 5.97 Å². The number of carbonyl (C=O) groups is 2. The van der Waals surface area contributed by atoms with Crippen molar-refractivity contribution in [3.63, 3.8) is 0 Å². The van der Waals surface area contributed by atoms with Crippen molar-refractivity contribution in [2.75, 3.05) is 6.61 Å². The van der Waals surface area contributed by atoms with Gasteiger partial charge in [-0.2, -0.15) is 0 Å². The van der Waals surface area contributed by atoms with Crippen molar-refractivity contribution in [1.29, 1.82) is 0 Å². The van der Waals surface area contributed by atoms with E-state index in [1.807, 2.05) is 6.08 Å². The number of carboxylic acid groups (broad SMARTS) is 1. The molecule has 4 nitrogen and oxygen atoms in total. The molecule has 0 radical (unpaired) electrons. The van der Waals surface area contributed by atoms with Gasteiger partial charge in [-0.1, -0.05) is 40.2 Å². The zero-order valence-corrected chi connectivity index (χ0v) is 16.2. The molecule has 4 atom stereocenters. The summed E-state index contributed by atoms with van der Waals surface area (Å²) in [6.45, 7) is 10.1. The van der Waals surface area contributed by atoms with Gasteiger partial charge in [-0.05, 0) is 67.1 Å². The molecule has 2 aliphatic carbocycles. The fraction of sp³-hybridized carbons (Fsp3) is 0.810. The monoisotopic (exact) mass is 350 g/mol. The highest BCUT2D eigenvalue weighted by atomic mass is 16.5. The van der Waals surface area contributed by atoms with Gasteiger partial charge in [0.25, 0.3) is 6.47 Å². The van der Waals surface area contributed by atoms with E-state index in [-0.39, 0.29) is 16.7 Å². The van der Waals surface area contributed by atoms with Crippen LogP contribution in [0.1, 0.15) is 72.6 Å². The summed E-state index contributed by atoms with van der Waals surface area (Å²) in [5.41, 5.74) is 0.978. The van der Waals surface area contributed by atoms with E-state index < -0.39 is 5.97 Å². The Hall–Kier alpha value is -1.32. The summed E-state index contributed by atoms with van der Waals surface area (Å²) in [7, 11) is 0. The summed E-state index contributed by atoms with van der Waals surface area (Å²) < 4.78 is 4.80. The van der Waals surface area contributed by atoms with Gasteiger partial charge in [0.05, 0.1) is 6.61 Å². The Morgan fingerprint density at radius 1 is 1.36 bits per heavy atom. The van der Waals surface area contributed by atoms with E-state index in [0.717, 1.165) is 32.1 Å². The summed E-state index contributed by atoms with van der Waals surface area (Å²) in [4.78, 5) is 22.1. The fourth-order valence-electron chi connectivity index (χ4n) is 5.55. The molecule has 0 spiro atoms. The Bertz CT molecular complexity index is 522. The second-order valence-electron chi connectivity index (χ2n) is 9.09. The smallest absolute Gasteiger partial charge is 0.331 e. The molecule has 1 N–H and O–H groups in total. The van der Waals surface area contributed by atoms with Crippen molar-refractivity contribution in [3.05, 3.63) is 11.6 Å². The molecule has 0 unspecified atom stereocenters.